The van der Waals surface area contributed by atoms with Gasteiger partial charge in [-0.1, -0.05) is 6.07 Å². The van der Waals surface area contributed by atoms with Crippen LogP contribution in [0.5, 0.6) is 0 Å². The molecule has 1 saturated carbocycles. The molecule has 0 saturated heterocycles. The third kappa shape index (κ3) is 1.60. The van der Waals surface area contributed by atoms with E-state index in [9.17, 15) is 5.11 Å². The summed E-state index contributed by atoms with van der Waals surface area (Å²) in [5.41, 5.74) is 7.81. The van der Waals surface area contributed by atoms with E-state index in [2.05, 4.69) is 4.98 Å². The van der Waals surface area contributed by atoms with Crippen molar-refractivity contribution in [1.82, 2.24) is 4.98 Å². The number of rotatable bonds is 3. The van der Waals surface area contributed by atoms with E-state index in [0.29, 0.717) is 5.92 Å². The van der Waals surface area contributed by atoms with Crippen LogP contribution in [-0.4, -0.2) is 16.6 Å². The molecule has 0 aliphatic heterocycles. The minimum Gasteiger partial charge on any atom is -0.440 e. The highest BCUT2D eigenvalue weighted by molar-refractivity contribution is 5.73. The number of nitrogens with zero attached hydrogens (tertiary/aromatic N) is 1. The first-order chi connectivity index (χ1) is 7.78. The minimum atomic E-state index is -0.620. The van der Waals surface area contributed by atoms with Crippen LogP contribution in [-0.2, 0) is 0 Å². The Morgan fingerprint density at radius 3 is 3.00 bits per heavy atom. The monoisotopic (exact) mass is 218 g/mol. The van der Waals surface area contributed by atoms with Crippen LogP contribution in [0.2, 0.25) is 0 Å². The number of aromatic nitrogens is 1. The highest BCUT2D eigenvalue weighted by Crippen LogP contribution is 2.40. The maximum Gasteiger partial charge on any atom is 0.198 e. The normalized spacial score (nSPS) is 17.9. The molecule has 1 heterocycles. The van der Waals surface area contributed by atoms with E-state index in [1.54, 1.807) is 0 Å². The molecule has 1 fully saturated rings. The zero-order valence-corrected chi connectivity index (χ0v) is 8.89. The molecule has 2 aromatic rings. The van der Waals surface area contributed by atoms with Crippen molar-refractivity contribution in [2.45, 2.75) is 24.9 Å². The van der Waals surface area contributed by atoms with Gasteiger partial charge >= 0.3 is 0 Å². The third-order valence-electron chi connectivity index (χ3n) is 2.96. The summed E-state index contributed by atoms with van der Waals surface area (Å²) in [5, 5.41) is 9.63. The zero-order chi connectivity index (χ0) is 11.1. The third-order valence-corrected chi connectivity index (χ3v) is 2.96. The van der Waals surface area contributed by atoms with E-state index < -0.39 is 6.10 Å². The average Bonchev–Trinajstić information content (AvgIpc) is 3.07. The van der Waals surface area contributed by atoms with Gasteiger partial charge in [0.05, 0.1) is 6.10 Å². The van der Waals surface area contributed by atoms with Gasteiger partial charge in [0.2, 0.25) is 0 Å². The van der Waals surface area contributed by atoms with E-state index >= 15 is 0 Å². The second-order valence-electron chi connectivity index (χ2n) is 4.31. The number of benzene rings is 1. The summed E-state index contributed by atoms with van der Waals surface area (Å²) in [5.74, 6) is 1.34. The lowest BCUT2D eigenvalue weighted by molar-refractivity contribution is 0.187. The maximum atomic E-state index is 9.63. The lowest BCUT2D eigenvalue weighted by Gasteiger charge is -2.06. The quantitative estimate of drug-likeness (QED) is 0.822. The molecule has 0 radical (unpaired) electrons. The second-order valence-corrected chi connectivity index (χ2v) is 4.31. The van der Waals surface area contributed by atoms with Gasteiger partial charge in [-0.3, -0.25) is 0 Å². The molecule has 1 aliphatic rings. The fourth-order valence-corrected chi connectivity index (χ4v) is 1.81. The first kappa shape index (κ1) is 9.81. The van der Waals surface area contributed by atoms with Gasteiger partial charge < -0.3 is 15.3 Å². The first-order valence-electron chi connectivity index (χ1n) is 5.56. The first-order valence-corrected chi connectivity index (χ1v) is 5.56. The van der Waals surface area contributed by atoms with Gasteiger partial charge in [0.25, 0.3) is 0 Å². The Bertz CT molecular complexity index is 517. The Kier molecular flexibility index (Phi) is 2.19. The number of aliphatic hydroxyl groups excluding tert-OH is 1. The van der Waals surface area contributed by atoms with Gasteiger partial charge in [0.15, 0.2) is 11.5 Å². The van der Waals surface area contributed by atoms with E-state index in [0.717, 1.165) is 22.6 Å². The molecule has 4 heteroatoms. The number of oxazole rings is 1. The summed E-state index contributed by atoms with van der Waals surface area (Å²) in [6.07, 6.45) is 1.72. The minimum absolute atomic E-state index is 0.221. The van der Waals surface area contributed by atoms with Crippen LogP contribution in [0.3, 0.4) is 0 Å². The van der Waals surface area contributed by atoms with Crippen molar-refractivity contribution in [3.63, 3.8) is 0 Å². The van der Waals surface area contributed by atoms with E-state index in [4.69, 9.17) is 10.2 Å². The van der Waals surface area contributed by atoms with E-state index in [1.807, 2.05) is 18.2 Å². The summed E-state index contributed by atoms with van der Waals surface area (Å²) >= 11 is 0. The highest BCUT2D eigenvalue weighted by Gasteiger charge is 2.28. The van der Waals surface area contributed by atoms with Gasteiger partial charge in [-0.05, 0) is 30.5 Å². The molecule has 3 rings (SSSR count). The van der Waals surface area contributed by atoms with Gasteiger partial charge in [-0.2, -0.15) is 0 Å². The number of hydrogen-bond acceptors (Lipinski definition) is 4. The topological polar surface area (TPSA) is 72.3 Å². The molecule has 1 aromatic heterocycles. The predicted molar refractivity (Wildman–Crippen MR) is 60.0 cm³/mol. The fourth-order valence-electron chi connectivity index (χ4n) is 1.81. The van der Waals surface area contributed by atoms with Crippen molar-refractivity contribution in [3.05, 3.63) is 29.7 Å². The van der Waals surface area contributed by atoms with Crippen molar-refractivity contribution in [3.8, 4) is 0 Å². The average molecular weight is 218 g/mol. The molecule has 4 nitrogen and oxygen atoms in total. The van der Waals surface area contributed by atoms with Gasteiger partial charge in [-0.15, -0.1) is 0 Å². The number of hydrogen-bond donors (Lipinski definition) is 2. The van der Waals surface area contributed by atoms with Crippen molar-refractivity contribution >= 4 is 11.1 Å². The molecule has 16 heavy (non-hydrogen) atoms. The second kappa shape index (κ2) is 3.57. The van der Waals surface area contributed by atoms with Gasteiger partial charge in [-0.25, -0.2) is 4.98 Å². The summed E-state index contributed by atoms with van der Waals surface area (Å²) in [7, 11) is 0. The SMILES string of the molecule is NCC(O)c1ccc2oc(C3CC3)nc2c1. The lowest BCUT2D eigenvalue weighted by Crippen LogP contribution is -2.11. The molecule has 1 unspecified atom stereocenters. The molecule has 84 valence electrons. The Morgan fingerprint density at radius 2 is 2.31 bits per heavy atom. The van der Waals surface area contributed by atoms with Crippen LogP contribution >= 0.6 is 0 Å². The number of fused-ring (bicyclic) bond motifs is 1. The summed E-state index contributed by atoms with van der Waals surface area (Å²) in [6.45, 7) is 0.221. The lowest BCUT2D eigenvalue weighted by atomic mass is 10.1. The molecule has 1 aliphatic carbocycles. The fraction of sp³-hybridized carbons (Fsp3) is 0.417. The van der Waals surface area contributed by atoms with Crippen LogP contribution in [0.25, 0.3) is 11.1 Å². The van der Waals surface area contributed by atoms with Crippen molar-refractivity contribution in [2.75, 3.05) is 6.54 Å². The highest BCUT2D eigenvalue weighted by atomic mass is 16.3. The molecule has 0 spiro atoms. The smallest absolute Gasteiger partial charge is 0.198 e. The predicted octanol–water partition coefficient (Wildman–Crippen LogP) is 1.70. The van der Waals surface area contributed by atoms with Crippen molar-refractivity contribution < 1.29 is 9.52 Å². The number of aliphatic hydroxyl groups is 1. The summed E-state index contributed by atoms with van der Waals surface area (Å²) < 4.78 is 5.64. The van der Waals surface area contributed by atoms with E-state index in [1.165, 1.54) is 12.8 Å². The molecular formula is C12H14N2O2. The van der Waals surface area contributed by atoms with Gasteiger partial charge in [0, 0.05) is 12.5 Å². The van der Waals surface area contributed by atoms with E-state index in [-0.39, 0.29) is 6.54 Å². The summed E-state index contributed by atoms with van der Waals surface area (Å²) in [4.78, 5) is 4.43. The summed E-state index contributed by atoms with van der Waals surface area (Å²) in [6, 6.07) is 5.53. The van der Waals surface area contributed by atoms with Crippen LogP contribution in [0.4, 0.5) is 0 Å². The van der Waals surface area contributed by atoms with Crippen LogP contribution < -0.4 is 5.73 Å². The van der Waals surface area contributed by atoms with Crippen molar-refractivity contribution in [2.24, 2.45) is 5.73 Å². The zero-order valence-electron chi connectivity index (χ0n) is 8.89. The Morgan fingerprint density at radius 1 is 1.50 bits per heavy atom. The molecular weight excluding hydrogens is 204 g/mol. The Labute approximate surface area is 93.1 Å². The standard InChI is InChI=1S/C12H14N2O2/c13-6-10(15)8-3-4-11-9(5-8)14-12(16-11)7-1-2-7/h3-5,7,10,15H,1-2,6,13H2. The molecule has 3 N–H and O–H groups in total. The molecule has 0 amide bonds. The van der Waals surface area contributed by atoms with Crippen molar-refractivity contribution in [1.29, 1.82) is 0 Å². The molecule has 1 aromatic carbocycles. The Hall–Kier alpha value is -1.39. The number of nitrogens with two attached hydrogens (primary N) is 1. The van der Waals surface area contributed by atoms with Crippen LogP contribution in [0.1, 0.15) is 36.3 Å². The Balaban J connectivity index is 2.02. The van der Waals surface area contributed by atoms with Crippen LogP contribution in [0, 0.1) is 0 Å². The van der Waals surface area contributed by atoms with Crippen LogP contribution in [0.15, 0.2) is 22.6 Å². The largest absolute Gasteiger partial charge is 0.440 e. The molecule has 0 bridgehead atoms. The maximum absolute atomic E-state index is 9.63. The van der Waals surface area contributed by atoms with Gasteiger partial charge in [0.1, 0.15) is 5.52 Å². The molecule has 1 atom stereocenters.